The third-order valence-corrected chi connectivity index (χ3v) is 4.88. The van der Waals surface area contributed by atoms with E-state index in [-0.39, 0.29) is 18.4 Å². The van der Waals surface area contributed by atoms with Gasteiger partial charge in [0, 0.05) is 25.7 Å². The first-order valence-corrected chi connectivity index (χ1v) is 7.62. The summed E-state index contributed by atoms with van der Waals surface area (Å²) in [6.07, 6.45) is 4.67. The van der Waals surface area contributed by atoms with Crippen LogP contribution in [0, 0.1) is 17.3 Å². The number of carboxylic acids is 1. The van der Waals surface area contributed by atoms with Crippen LogP contribution in [0.5, 0.6) is 0 Å². The maximum Gasteiger partial charge on any atom is 0.311 e. The van der Waals surface area contributed by atoms with Gasteiger partial charge in [-0.3, -0.25) is 9.59 Å². The summed E-state index contributed by atoms with van der Waals surface area (Å²) in [5, 5.41) is 12.4. The molecule has 0 spiro atoms. The number of amides is 1. The van der Waals surface area contributed by atoms with E-state index in [1.54, 1.807) is 0 Å². The van der Waals surface area contributed by atoms with Gasteiger partial charge < -0.3 is 15.2 Å². The third kappa shape index (κ3) is 3.51. The average molecular weight is 283 g/mol. The molecule has 0 unspecified atom stereocenters. The summed E-state index contributed by atoms with van der Waals surface area (Å²) in [4.78, 5) is 23.7. The molecule has 0 radical (unpaired) electrons. The number of aliphatic carboxylic acids is 1. The highest BCUT2D eigenvalue weighted by atomic mass is 16.5. The van der Waals surface area contributed by atoms with Gasteiger partial charge >= 0.3 is 5.97 Å². The highest BCUT2D eigenvalue weighted by Gasteiger charge is 2.41. The minimum Gasteiger partial charge on any atom is -0.481 e. The molecule has 1 saturated heterocycles. The molecule has 1 amide bonds. The van der Waals surface area contributed by atoms with Crippen LogP contribution < -0.4 is 5.32 Å². The fourth-order valence-corrected chi connectivity index (χ4v) is 3.14. The Hall–Kier alpha value is -1.10. The molecule has 1 aliphatic carbocycles. The molecule has 5 nitrogen and oxygen atoms in total. The van der Waals surface area contributed by atoms with Crippen molar-refractivity contribution in [3.05, 3.63) is 0 Å². The van der Waals surface area contributed by atoms with Crippen molar-refractivity contribution in [3.8, 4) is 0 Å². The zero-order valence-corrected chi connectivity index (χ0v) is 12.2. The maximum absolute atomic E-state index is 12.1. The lowest BCUT2D eigenvalue weighted by molar-refractivity contribution is -0.151. The summed E-state index contributed by atoms with van der Waals surface area (Å²) in [5.41, 5.74) is -0.757. The van der Waals surface area contributed by atoms with Gasteiger partial charge in [-0.1, -0.05) is 6.92 Å². The van der Waals surface area contributed by atoms with E-state index in [4.69, 9.17) is 4.74 Å². The highest BCUT2D eigenvalue weighted by molar-refractivity contribution is 5.80. The number of rotatable bonds is 4. The van der Waals surface area contributed by atoms with Gasteiger partial charge in [0.1, 0.15) is 0 Å². The van der Waals surface area contributed by atoms with Crippen molar-refractivity contribution in [3.63, 3.8) is 0 Å². The van der Waals surface area contributed by atoms with E-state index in [0.29, 0.717) is 32.0 Å². The van der Waals surface area contributed by atoms with Crippen molar-refractivity contribution >= 4 is 11.9 Å². The second-order valence-electron chi connectivity index (χ2n) is 6.37. The molecule has 2 rings (SSSR count). The molecular weight excluding hydrogens is 258 g/mol. The van der Waals surface area contributed by atoms with E-state index in [2.05, 4.69) is 12.2 Å². The van der Waals surface area contributed by atoms with E-state index in [0.717, 1.165) is 25.7 Å². The number of ether oxygens (including phenoxy) is 1. The summed E-state index contributed by atoms with van der Waals surface area (Å²) in [7, 11) is 0. The standard InChI is InChI=1S/C15H25NO4/c1-11-2-6-15(7-3-11,14(18)19)10-16-13(17)12-4-8-20-9-5-12/h11-12H,2-10H2,1H3,(H,16,17)(H,18,19). The van der Waals surface area contributed by atoms with Crippen molar-refractivity contribution in [2.24, 2.45) is 17.3 Å². The Morgan fingerprint density at radius 3 is 2.35 bits per heavy atom. The Kier molecular flexibility index (Phi) is 5.02. The second-order valence-corrected chi connectivity index (χ2v) is 6.37. The Labute approximate surface area is 120 Å². The first kappa shape index (κ1) is 15.3. The van der Waals surface area contributed by atoms with Gasteiger partial charge in [0.05, 0.1) is 5.41 Å². The summed E-state index contributed by atoms with van der Waals surface area (Å²) in [6, 6.07) is 0. The molecule has 0 aromatic rings. The van der Waals surface area contributed by atoms with Crippen molar-refractivity contribution < 1.29 is 19.4 Å². The SMILES string of the molecule is CC1CCC(CNC(=O)C2CCOCC2)(C(=O)O)CC1. The van der Waals surface area contributed by atoms with Crippen LogP contribution in [-0.4, -0.2) is 36.7 Å². The number of carbonyl (C=O) groups is 2. The lowest BCUT2D eigenvalue weighted by Gasteiger charge is -2.36. The summed E-state index contributed by atoms with van der Waals surface area (Å²) in [6.45, 7) is 3.68. The fraction of sp³-hybridized carbons (Fsp3) is 0.867. The molecule has 0 aromatic carbocycles. The quantitative estimate of drug-likeness (QED) is 0.825. The van der Waals surface area contributed by atoms with Crippen LogP contribution in [0.2, 0.25) is 0 Å². The van der Waals surface area contributed by atoms with Crippen LogP contribution in [0.3, 0.4) is 0 Å². The minimum atomic E-state index is -0.767. The van der Waals surface area contributed by atoms with Gasteiger partial charge in [-0.2, -0.15) is 0 Å². The predicted octanol–water partition coefficient (Wildman–Crippen LogP) is 1.81. The number of nitrogens with one attached hydrogen (secondary N) is 1. The molecular formula is C15H25NO4. The second kappa shape index (κ2) is 6.57. The molecule has 2 fully saturated rings. The van der Waals surface area contributed by atoms with Crippen LogP contribution in [0.1, 0.15) is 45.4 Å². The van der Waals surface area contributed by atoms with Gasteiger partial charge in [-0.15, -0.1) is 0 Å². The first-order chi connectivity index (χ1) is 9.53. The normalized spacial score (nSPS) is 31.8. The molecule has 0 bridgehead atoms. The fourth-order valence-electron chi connectivity index (χ4n) is 3.14. The Morgan fingerprint density at radius 1 is 1.20 bits per heavy atom. The highest BCUT2D eigenvalue weighted by Crippen LogP contribution is 2.38. The average Bonchev–Trinajstić information content (AvgIpc) is 2.47. The van der Waals surface area contributed by atoms with E-state index < -0.39 is 11.4 Å². The van der Waals surface area contributed by atoms with Crippen LogP contribution >= 0.6 is 0 Å². The van der Waals surface area contributed by atoms with Crippen LogP contribution in [0.25, 0.3) is 0 Å². The molecule has 114 valence electrons. The van der Waals surface area contributed by atoms with E-state index in [1.807, 2.05) is 0 Å². The van der Waals surface area contributed by atoms with Crippen molar-refractivity contribution in [1.82, 2.24) is 5.32 Å². The van der Waals surface area contributed by atoms with Crippen LogP contribution in [0.4, 0.5) is 0 Å². The molecule has 1 saturated carbocycles. The molecule has 0 atom stereocenters. The number of hydrogen-bond acceptors (Lipinski definition) is 3. The molecule has 20 heavy (non-hydrogen) atoms. The van der Waals surface area contributed by atoms with Crippen molar-refractivity contribution in [1.29, 1.82) is 0 Å². The molecule has 0 aromatic heterocycles. The topological polar surface area (TPSA) is 75.6 Å². The lowest BCUT2D eigenvalue weighted by Crippen LogP contribution is -2.47. The third-order valence-electron chi connectivity index (χ3n) is 4.88. The summed E-state index contributed by atoms with van der Waals surface area (Å²) < 4.78 is 5.24. The summed E-state index contributed by atoms with van der Waals surface area (Å²) >= 11 is 0. The van der Waals surface area contributed by atoms with Crippen molar-refractivity contribution in [2.75, 3.05) is 19.8 Å². The van der Waals surface area contributed by atoms with Gasteiger partial charge in [-0.05, 0) is 44.4 Å². The van der Waals surface area contributed by atoms with E-state index >= 15 is 0 Å². The lowest BCUT2D eigenvalue weighted by atomic mass is 9.70. The molecule has 1 heterocycles. The van der Waals surface area contributed by atoms with Crippen LogP contribution in [0.15, 0.2) is 0 Å². The minimum absolute atomic E-state index is 0.00690. The first-order valence-electron chi connectivity index (χ1n) is 7.62. The summed E-state index contributed by atoms with van der Waals surface area (Å²) in [5.74, 6) is -0.199. The van der Waals surface area contributed by atoms with Gasteiger partial charge in [0.15, 0.2) is 0 Å². The van der Waals surface area contributed by atoms with Gasteiger partial charge in [0.2, 0.25) is 5.91 Å². The smallest absolute Gasteiger partial charge is 0.311 e. The molecule has 5 heteroatoms. The number of hydrogen-bond donors (Lipinski definition) is 2. The number of carboxylic acid groups (broad SMARTS) is 1. The monoisotopic (exact) mass is 283 g/mol. The number of carbonyl (C=O) groups excluding carboxylic acids is 1. The zero-order valence-electron chi connectivity index (χ0n) is 12.2. The predicted molar refractivity (Wildman–Crippen MR) is 74.3 cm³/mol. The van der Waals surface area contributed by atoms with Gasteiger partial charge in [0.25, 0.3) is 0 Å². The maximum atomic E-state index is 12.1. The Morgan fingerprint density at radius 2 is 1.80 bits per heavy atom. The zero-order chi connectivity index (χ0) is 14.6. The van der Waals surface area contributed by atoms with Crippen molar-refractivity contribution in [2.45, 2.75) is 45.4 Å². The van der Waals surface area contributed by atoms with E-state index in [9.17, 15) is 14.7 Å². The van der Waals surface area contributed by atoms with Gasteiger partial charge in [-0.25, -0.2) is 0 Å². The molecule has 2 aliphatic rings. The molecule has 1 aliphatic heterocycles. The Bertz CT molecular complexity index is 355. The molecule has 2 N–H and O–H groups in total. The van der Waals surface area contributed by atoms with Crippen LogP contribution in [-0.2, 0) is 14.3 Å². The largest absolute Gasteiger partial charge is 0.481 e. The van der Waals surface area contributed by atoms with E-state index in [1.165, 1.54) is 0 Å². The Balaban J connectivity index is 1.89.